The fourth-order valence-electron chi connectivity index (χ4n) is 2.67. The summed E-state index contributed by atoms with van der Waals surface area (Å²) in [6.45, 7) is -0.724. The van der Waals surface area contributed by atoms with Gasteiger partial charge >= 0.3 is 12.4 Å². The van der Waals surface area contributed by atoms with Crippen molar-refractivity contribution in [2.75, 3.05) is 19.0 Å². The summed E-state index contributed by atoms with van der Waals surface area (Å²) in [5, 5.41) is 10.5. The van der Waals surface area contributed by atoms with E-state index in [1.165, 1.54) is 0 Å². The van der Waals surface area contributed by atoms with Crippen molar-refractivity contribution in [2.45, 2.75) is 24.8 Å². The molecule has 1 atom stereocenters. The monoisotopic (exact) mass is 472 g/mol. The Morgan fingerprint density at radius 3 is 2.29 bits per heavy atom. The van der Waals surface area contributed by atoms with Crippen LogP contribution < -0.4 is 15.6 Å². The van der Waals surface area contributed by atoms with Crippen molar-refractivity contribution < 1.29 is 41.0 Å². The molecule has 0 fully saturated rings. The molecule has 0 saturated heterocycles. The van der Waals surface area contributed by atoms with Crippen molar-refractivity contribution in [1.82, 2.24) is 4.57 Å². The second-order valence-corrected chi connectivity index (χ2v) is 6.62. The number of aliphatic hydroxyl groups is 1. The number of hydrogen-bond donors (Lipinski definition) is 2. The Hall–Kier alpha value is -2.73. The van der Waals surface area contributed by atoms with Crippen LogP contribution in [0.4, 0.5) is 32.0 Å². The number of benzene rings is 1. The standard InChI is InChI=1S/C18H15ClF6N2O4/c1-31-14-3-2-9(17(20,21)22)7-12(14)26-15(29)13(4-5-28)27-8-10(18(23,24)25)6-11(19)16(27)30/h2-3,6-8,13,28H,4-5H2,1H3,(H,26,29). The lowest BCUT2D eigenvalue weighted by Gasteiger charge is -2.21. The van der Waals surface area contributed by atoms with Crippen molar-refractivity contribution in [3.8, 4) is 5.75 Å². The summed E-state index contributed by atoms with van der Waals surface area (Å²) >= 11 is 5.58. The number of aliphatic hydroxyl groups excluding tert-OH is 1. The van der Waals surface area contributed by atoms with Crippen LogP contribution in [0.15, 0.2) is 35.3 Å². The minimum Gasteiger partial charge on any atom is -0.495 e. The number of ether oxygens (including phenoxy) is 1. The Morgan fingerprint density at radius 2 is 1.77 bits per heavy atom. The number of nitrogens with zero attached hydrogens (tertiary/aromatic N) is 1. The van der Waals surface area contributed by atoms with Crippen molar-refractivity contribution in [2.24, 2.45) is 0 Å². The molecule has 0 aliphatic rings. The summed E-state index contributed by atoms with van der Waals surface area (Å²) in [5.74, 6) is -1.33. The molecule has 1 aromatic heterocycles. The topological polar surface area (TPSA) is 80.6 Å². The molecule has 0 aliphatic heterocycles. The maximum Gasteiger partial charge on any atom is 0.417 e. The molecule has 31 heavy (non-hydrogen) atoms. The number of alkyl halides is 6. The molecular formula is C18H15ClF6N2O4. The van der Waals surface area contributed by atoms with Gasteiger partial charge in [-0.1, -0.05) is 11.6 Å². The molecule has 2 aromatic rings. The third-order valence-corrected chi connectivity index (χ3v) is 4.42. The number of carbonyl (C=O) groups is 1. The summed E-state index contributed by atoms with van der Waals surface area (Å²) in [6.07, 6.45) is -9.83. The van der Waals surface area contributed by atoms with Crippen molar-refractivity contribution in [3.63, 3.8) is 0 Å². The molecule has 1 heterocycles. The number of aromatic nitrogens is 1. The number of hydrogen-bond acceptors (Lipinski definition) is 4. The SMILES string of the molecule is COc1ccc(C(F)(F)F)cc1NC(=O)C(CCO)n1cc(C(F)(F)F)cc(Cl)c1=O. The first-order chi connectivity index (χ1) is 14.3. The van der Waals surface area contributed by atoms with E-state index in [1.807, 2.05) is 0 Å². The zero-order chi connectivity index (χ0) is 23.6. The number of anilines is 1. The van der Waals surface area contributed by atoms with Crippen molar-refractivity contribution in [3.05, 3.63) is 57.0 Å². The van der Waals surface area contributed by atoms with Crippen LogP contribution in [0.5, 0.6) is 5.75 Å². The molecule has 13 heteroatoms. The summed E-state index contributed by atoms with van der Waals surface area (Å²) < 4.78 is 83.5. The maximum atomic E-state index is 13.1. The number of pyridine rings is 1. The Kier molecular flexibility index (Phi) is 7.27. The van der Waals surface area contributed by atoms with Gasteiger partial charge in [0.25, 0.3) is 5.56 Å². The number of rotatable bonds is 6. The van der Waals surface area contributed by atoms with Crippen molar-refractivity contribution >= 4 is 23.2 Å². The van der Waals surface area contributed by atoms with E-state index in [2.05, 4.69) is 5.32 Å². The molecule has 2 N–H and O–H groups in total. The third-order valence-electron chi connectivity index (χ3n) is 4.15. The second-order valence-electron chi connectivity index (χ2n) is 6.22. The summed E-state index contributed by atoms with van der Waals surface area (Å²) in [7, 11) is 1.13. The van der Waals surface area contributed by atoms with Crippen LogP contribution in [0.1, 0.15) is 23.6 Å². The summed E-state index contributed by atoms with van der Waals surface area (Å²) in [6, 6.07) is 0.874. The molecule has 0 spiro atoms. The van der Waals surface area contributed by atoms with Gasteiger partial charge in [-0.15, -0.1) is 0 Å². The fourth-order valence-corrected chi connectivity index (χ4v) is 2.89. The van der Waals surface area contributed by atoms with Crippen LogP contribution in [-0.4, -0.2) is 29.3 Å². The lowest BCUT2D eigenvalue weighted by Crippen LogP contribution is -2.35. The largest absolute Gasteiger partial charge is 0.495 e. The number of halogens is 7. The lowest BCUT2D eigenvalue weighted by atomic mass is 10.1. The van der Waals surface area contributed by atoms with Gasteiger partial charge in [0, 0.05) is 19.2 Å². The zero-order valence-electron chi connectivity index (χ0n) is 15.6. The molecule has 1 amide bonds. The van der Waals surface area contributed by atoms with Crippen LogP contribution >= 0.6 is 11.6 Å². The van der Waals surface area contributed by atoms with E-state index in [4.69, 9.17) is 16.3 Å². The van der Waals surface area contributed by atoms with E-state index < -0.39 is 64.7 Å². The second kappa shape index (κ2) is 9.18. The van der Waals surface area contributed by atoms with Gasteiger partial charge in [0.15, 0.2) is 0 Å². The van der Waals surface area contributed by atoms with Gasteiger partial charge < -0.3 is 19.7 Å². The van der Waals surface area contributed by atoms with E-state index in [-0.39, 0.29) is 5.75 Å². The molecule has 0 aliphatic carbocycles. The molecule has 2 rings (SSSR count). The predicted molar refractivity (Wildman–Crippen MR) is 98.1 cm³/mol. The summed E-state index contributed by atoms with van der Waals surface area (Å²) in [4.78, 5) is 25.0. The van der Waals surface area contributed by atoms with E-state index in [1.54, 1.807) is 0 Å². The molecule has 170 valence electrons. The first-order valence-electron chi connectivity index (χ1n) is 8.45. The average Bonchev–Trinajstić information content (AvgIpc) is 2.66. The van der Waals surface area contributed by atoms with Gasteiger partial charge in [-0.3, -0.25) is 9.59 Å². The molecule has 1 aromatic carbocycles. The number of nitrogens with one attached hydrogen (secondary N) is 1. The fraction of sp³-hybridized carbons (Fsp3) is 0.333. The first-order valence-corrected chi connectivity index (χ1v) is 8.83. The highest BCUT2D eigenvalue weighted by Gasteiger charge is 2.34. The van der Waals surface area contributed by atoms with Crippen molar-refractivity contribution in [1.29, 1.82) is 0 Å². The highest BCUT2D eigenvalue weighted by Crippen LogP contribution is 2.35. The highest BCUT2D eigenvalue weighted by atomic mass is 35.5. The van der Waals surface area contributed by atoms with Crippen LogP contribution in [0.2, 0.25) is 5.02 Å². The van der Waals surface area contributed by atoms with E-state index in [0.29, 0.717) is 29.0 Å². The van der Waals surface area contributed by atoms with E-state index >= 15 is 0 Å². The van der Waals surface area contributed by atoms with E-state index in [0.717, 1.165) is 13.2 Å². The van der Waals surface area contributed by atoms with Gasteiger partial charge in [0.2, 0.25) is 5.91 Å². The molecule has 6 nitrogen and oxygen atoms in total. The molecular weight excluding hydrogens is 458 g/mol. The summed E-state index contributed by atoms with van der Waals surface area (Å²) in [5.41, 5.74) is -4.04. The van der Waals surface area contributed by atoms with Gasteiger partial charge in [0.1, 0.15) is 16.8 Å². The Labute approximate surface area is 176 Å². The normalized spacial score (nSPS) is 13.1. The smallest absolute Gasteiger partial charge is 0.417 e. The van der Waals surface area contributed by atoms with Gasteiger partial charge in [-0.05, 0) is 24.3 Å². The average molecular weight is 473 g/mol. The highest BCUT2D eigenvalue weighted by molar-refractivity contribution is 6.30. The van der Waals surface area contributed by atoms with Crippen LogP contribution in [0.25, 0.3) is 0 Å². The van der Waals surface area contributed by atoms with Gasteiger partial charge in [-0.25, -0.2) is 0 Å². The maximum absolute atomic E-state index is 13.1. The van der Waals surface area contributed by atoms with Gasteiger partial charge in [0.05, 0.1) is 23.9 Å². The molecule has 0 radical (unpaired) electrons. The Balaban J connectivity index is 2.52. The van der Waals surface area contributed by atoms with Gasteiger partial charge in [-0.2, -0.15) is 26.3 Å². The number of carbonyl (C=O) groups excluding carboxylic acids is 1. The van der Waals surface area contributed by atoms with Crippen LogP contribution in [0, 0.1) is 0 Å². The molecule has 1 unspecified atom stereocenters. The van der Waals surface area contributed by atoms with Crippen LogP contribution in [-0.2, 0) is 17.1 Å². The first kappa shape index (κ1) is 24.5. The number of amides is 1. The van der Waals surface area contributed by atoms with Crippen LogP contribution in [0.3, 0.4) is 0 Å². The Morgan fingerprint density at radius 1 is 1.16 bits per heavy atom. The lowest BCUT2D eigenvalue weighted by molar-refractivity contribution is -0.138. The minimum absolute atomic E-state index is 0.168. The third kappa shape index (κ3) is 5.70. The molecule has 0 saturated carbocycles. The Bertz CT molecular complexity index is 1020. The quantitative estimate of drug-likeness (QED) is 0.620. The van der Waals surface area contributed by atoms with E-state index in [9.17, 15) is 41.0 Å². The number of methoxy groups -OCH3 is 1. The molecule has 0 bridgehead atoms. The predicted octanol–water partition coefficient (Wildman–Crippen LogP) is 4.11. The zero-order valence-corrected chi connectivity index (χ0v) is 16.4. The minimum atomic E-state index is -4.90.